The molecule has 0 bridgehead atoms. The topological polar surface area (TPSA) is 54.8 Å². The highest BCUT2D eigenvalue weighted by atomic mass is 15.4. The molecule has 2 heterocycles. The van der Waals surface area contributed by atoms with E-state index in [1.165, 1.54) is 19.3 Å². The maximum Gasteiger partial charge on any atom is 0.264 e. The number of rotatable bonds is 2. The Labute approximate surface area is 106 Å². The van der Waals surface area contributed by atoms with E-state index in [0.29, 0.717) is 11.8 Å². The first-order valence-electron chi connectivity index (χ1n) is 6.31. The molecule has 2 aromatic rings. The van der Waals surface area contributed by atoms with Crippen LogP contribution in [0.5, 0.6) is 0 Å². The van der Waals surface area contributed by atoms with Gasteiger partial charge in [-0.1, -0.05) is 30.3 Å². The van der Waals surface area contributed by atoms with Crippen LogP contribution in [0.2, 0.25) is 0 Å². The summed E-state index contributed by atoms with van der Waals surface area (Å²) in [6.45, 7) is 2.02. The molecule has 0 saturated carbocycles. The van der Waals surface area contributed by atoms with Crippen molar-refractivity contribution in [3.63, 3.8) is 0 Å². The van der Waals surface area contributed by atoms with E-state index >= 15 is 0 Å². The molecule has 0 unspecified atom stereocenters. The van der Waals surface area contributed by atoms with Crippen LogP contribution in [0.3, 0.4) is 0 Å². The van der Waals surface area contributed by atoms with E-state index in [1.54, 1.807) is 0 Å². The zero-order valence-corrected chi connectivity index (χ0v) is 10.2. The normalized spacial score (nSPS) is 15.7. The summed E-state index contributed by atoms with van der Waals surface area (Å²) in [6, 6.07) is 9.79. The summed E-state index contributed by atoms with van der Waals surface area (Å²) in [5.41, 5.74) is 0.947. The van der Waals surface area contributed by atoms with Gasteiger partial charge in [-0.15, -0.1) is 20.4 Å². The molecule has 0 aliphatic carbocycles. The molecule has 3 rings (SSSR count). The number of hydrogen-bond acceptors (Lipinski definition) is 5. The Morgan fingerprint density at radius 3 is 2.11 bits per heavy atom. The summed E-state index contributed by atoms with van der Waals surface area (Å²) in [7, 11) is 0. The lowest BCUT2D eigenvalue weighted by atomic mass is 10.1. The minimum Gasteiger partial charge on any atom is -0.338 e. The van der Waals surface area contributed by atoms with Gasteiger partial charge >= 0.3 is 0 Å². The van der Waals surface area contributed by atoms with Gasteiger partial charge in [0.15, 0.2) is 0 Å². The van der Waals surface area contributed by atoms with Crippen molar-refractivity contribution in [2.75, 3.05) is 18.0 Å². The second kappa shape index (κ2) is 5.08. The number of benzene rings is 1. The first-order valence-corrected chi connectivity index (χ1v) is 6.31. The van der Waals surface area contributed by atoms with Gasteiger partial charge in [-0.25, -0.2) is 0 Å². The number of nitrogens with zero attached hydrogens (tertiary/aromatic N) is 5. The molecule has 0 atom stereocenters. The third-order valence-corrected chi connectivity index (χ3v) is 3.14. The second-order valence-corrected chi connectivity index (χ2v) is 4.44. The fourth-order valence-corrected chi connectivity index (χ4v) is 2.15. The van der Waals surface area contributed by atoms with Crippen molar-refractivity contribution >= 4 is 5.95 Å². The van der Waals surface area contributed by atoms with Gasteiger partial charge in [0.05, 0.1) is 0 Å². The van der Waals surface area contributed by atoms with Gasteiger partial charge in [0.1, 0.15) is 0 Å². The van der Waals surface area contributed by atoms with Crippen LogP contribution in [0, 0.1) is 0 Å². The number of piperidine rings is 1. The lowest BCUT2D eigenvalue weighted by Crippen LogP contribution is -2.31. The summed E-state index contributed by atoms with van der Waals surface area (Å²) in [5, 5.41) is 16.7. The first-order chi connectivity index (χ1) is 8.93. The van der Waals surface area contributed by atoms with Gasteiger partial charge < -0.3 is 4.90 Å². The van der Waals surface area contributed by atoms with Crippen LogP contribution in [-0.4, -0.2) is 33.5 Å². The molecular formula is C13H15N5. The van der Waals surface area contributed by atoms with Crippen LogP contribution < -0.4 is 4.90 Å². The SMILES string of the molecule is c1ccc(-c2nnc(N3CCCCC3)nn2)cc1. The lowest BCUT2D eigenvalue weighted by Gasteiger charge is -2.25. The van der Waals surface area contributed by atoms with Crippen molar-refractivity contribution in [2.24, 2.45) is 0 Å². The smallest absolute Gasteiger partial charge is 0.264 e. The average molecular weight is 241 g/mol. The molecule has 0 N–H and O–H groups in total. The highest BCUT2D eigenvalue weighted by Gasteiger charge is 2.14. The van der Waals surface area contributed by atoms with E-state index in [-0.39, 0.29) is 0 Å². The molecule has 1 aliphatic rings. The van der Waals surface area contributed by atoms with Crippen molar-refractivity contribution in [2.45, 2.75) is 19.3 Å². The molecule has 1 saturated heterocycles. The molecule has 1 aliphatic heterocycles. The molecule has 1 fully saturated rings. The fourth-order valence-electron chi connectivity index (χ4n) is 2.15. The molecule has 5 heteroatoms. The van der Waals surface area contributed by atoms with Gasteiger partial charge in [-0.05, 0) is 19.3 Å². The van der Waals surface area contributed by atoms with Gasteiger partial charge in [-0.3, -0.25) is 0 Å². The van der Waals surface area contributed by atoms with E-state index in [0.717, 1.165) is 18.7 Å². The lowest BCUT2D eigenvalue weighted by molar-refractivity contribution is 0.561. The van der Waals surface area contributed by atoms with Crippen LogP contribution >= 0.6 is 0 Å². The van der Waals surface area contributed by atoms with Gasteiger partial charge in [0.2, 0.25) is 5.82 Å². The molecule has 18 heavy (non-hydrogen) atoms. The first kappa shape index (κ1) is 11.1. The summed E-state index contributed by atoms with van der Waals surface area (Å²) in [4.78, 5) is 2.15. The summed E-state index contributed by atoms with van der Waals surface area (Å²) in [6.07, 6.45) is 3.69. The fraction of sp³-hybridized carbons (Fsp3) is 0.385. The van der Waals surface area contributed by atoms with Crippen molar-refractivity contribution < 1.29 is 0 Å². The standard InChI is InChI=1S/C13H15N5/c1-3-7-11(8-4-1)12-14-16-13(17-15-12)18-9-5-2-6-10-18/h1,3-4,7-8H,2,5-6,9-10H2. The Balaban J connectivity index is 1.80. The Morgan fingerprint density at radius 1 is 0.778 bits per heavy atom. The van der Waals surface area contributed by atoms with E-state index in [4.69, 9.17) is 0 Å². The van der Waals surface area contributed by atoms with Crippen molar-refractivity contribution in [1.29, 1.82) is 0 Å². The maximum absolute atomic E-state index is 4.18. The summed E-state index contributed by atoms with van der Waals surface area (Å²) >= 11 is 0. The number of hydrogen-bond donors (Lipinski definition) is 0. The molecular weight excluding hydrogens is 226 g/mol. The molecule has 1 aromatic heterocycles. The largest absolute Gasteiger partial charge is 0.338 e. The van der Waals surface area contributed by atoms with Crippen molar-refractivity contribution in [1.82, 2.24) is 20.4 Å². The zero-order chi connectivity index (χ0) is 12.2. The Hall–Kier alpha value is -2.04. The van der Waals surface area contributed by atoms with Crippen LogP contribution in [-0.2, 0) is 0 Å². The highest BCUT2D eigenvalue weighted by molar-refractivity contribution is 5.53. The van der Waals surface area contributed by atoms with E-state index in [2.05, 4.69) is 25.3 Å². The van der Waals surface area contributed by atoms with Crippen LogP contribution in [0.1, 0.15) is 19.3 Å². The highest BCUT2D eigenvalue weighted by Crippen LogP contribution is 2.16. The van der Waals surface area contributed by atoms with Crippen molar-refractivity contribution in [3.05, 3.63) is 30.3 Å². The monoisotopic (exact) mass is 241 g/mol. The minimum atomic E-state index is 0.580. The van der Waals surface area contributed by atoms with E-state index in [9.17, 15) is 0 Å². The number of aromatic nitrogens is 4. The van der Waals surface area contributed by atoms with Crippen LogP contribution in [0.15, 0.2) is 30.3 Å². The average Bonchev–Trinajstić information content (AvgIpc) is 2.49. The second-order valence-electron chi connectivity index (χ2n) is 4.44. The zero-order valence-electron chi connectivity index (χ0n) is 10.2. The van der Waals surface area contributed by atoms with E-state index < -0.39 is 0 Å². The predicted octanol–water partition coefficient (Wildman–Crippen LogP) is 1.92. The Kier molecular flexibility index (Phi) is 3.12. The molecule has 0 spiro atoms. The Bertz CT molecular complexity index is 491. The van der Waals surface area contributed by atoms with Gasteiger partial charge in [0.25, 0.3) is 5.95 Å². The third-order valence-electron chi connectivity index (χ3n) is 3.14. The molecule has 1 aromatic carbocycles. The number of anilines is 1. The minimum absolute atomic E-state index is 0.580. The maximum atomic E-state index is 4.18. The molecule has 92 valence electrons. The quantitative estimate of drug-likeness (QED) is 0.804. The van der Waals surface area contributed by atoms with Crippen molar-refractivity contribution in [3.8, 4) is 11.4 Å². The predicted molar refractivity (Wildman–Crippen MR) is 69.1 cm³/mol. The van der Waals surface area contributed by atoms with Crippen LogP contribution in [0.4, 0.5) is 5.95 Å². The van der Waals surface area contributed by atoms with Gasteiger partial charge in [-0.2, -0.15) is 0 Å². The summed E-state index contributed by atoms with van der Waals surface area (Å²) < 4.78 is 0. The Morgan fingerprint density at radius 2 is 1.44 bits per heavy atom. The molecule has 0 amide bonds. The molecule has 5 nitrogen and oxygen atoms in total. The van der Waals surface area contributed by atoms with E-state index in [1.807, 2.05) is 30.3 Å². The summed E-state index contributed by atoms with van der Waals surface area (Å²) in [5.74, 6) is 1.23. The van der Waals surface area contributed by atoms with Crippen LogP contribution in [0.25, 0.3) is 11.4 Å². The molecule has 0 radical (unpaired) electrons. The third kappa shape index (κ3) is 2.30. The van der Waals surface area contributed by atoms with Gasteiger partial charge in [0, 0.05) is 18.7 Å².